The van der Waals surface area contributed by atoms with Gasteiger partial charge >= 0.3 is 0 Å². The molecule has 0 saturated carbocycles. The number of carbonyl (C=O) groups excluding carboxylic acids is 2. The van der Waals surface area contributed by atoms with E-state index in [2.05, 4.69) is 0 Å². The number of hydrogen-bond acceptors (Lipinski definition) is 4. The monoisotopic (exact) mass is 452 g/mol. The third kappa shape index (κ3) is 4.15. The highest BCUT2D eigenvalue weighted by atomic mass is 35.5. The van der Waals surface area contributed by atoms with Crippen molar-refractivity contribution in [1.29, 1.82) is 0 Å². The van der Waals surface area contributed by atoms with Crippen LogP contribution >= 0.6 is 46.7 Å². The SMILES string of the molecule is O=C1CSC(c2cccc(Cl)c2)N1CCN1C(=O)CSC1c1cccc(Cl)c1. The lowest BCUT2D eigenvalue weighted by Crippen LogP contribution is -2.39. The molecule has 0 spiro atoms. The van der Waals surface area contributed by atoms with Gasteiger partial charge < -0.3 is 9.80 Å². The summed E-state index contributed by atoms with van der Waals surface area (Å²) in [6, 6.07) is 15.2. The second kappa shape index (κ2) is 8.57. The molecule has 2 aromatic carbocycles. The zero-order chi connectivity index (χ0) is 19.7. The number of halogens is 2. The summed E-state index contributed by atoms with van der Waals surface area (Å²) in [4.78, 5) is 28.6. The van der Waals surface area contributed by atoms with Crippen LogP contribution in [0.25, 0.3) is 0 Å². The second-order valence-electron chi connectivity index (χ2n) is 6.61. The molecule has 0 aromatic heterocycles. The normalized spacial score (nSPS) is 22.4. The van der Waals surface area contributed by atoms with E-state index in [0.717, 1.165) is 11.1 Å². The molecule has 2 aliphatic rings. The van der Waals surface area contributed by atoms with Crippen molar-refractivity contribution in [1.82, 2.24) is 9.80 Å². The van der Waals surface area contributed by atoms with E-state index in [-0.39, 0.29) is 22.6 Å². The predicted molar refractivity (Wildman–Crippen MR) is 117 cm³/mol. The number of carbonyl (C=O) groups is 2. The van der Waals surface area contributed by atoms with Crippen molar-refractivity contribution < 1.29 is 9.59 Å². The molecule has 8 heteroatoms. The molecular weight excluding hydrogens is 435 g/mol. The van der Waals surface area contributed by atoms with Crippen molar-refractivity contribution >= 4 is 58.5 Å². The van der Waals surface area contributed by atoms with E-state index in [1.807, 2.05) is 58.3 Å². The van der Waals surface area contributed by atoms with Gasteiger partial charge in [0.25, 0.3) is 0 Å². The highest BCUT2D eigenvalue weighted by Crippen LogP contribution is 2.41. The first-order valence-electron chi connectivity index (χ1n) is 8.86. The average molecular weight is 453 g/mol. The Labute approximate surface area is 182 Å². The lowest BCUT2D eigenvalue weighted by atomic mass is 10.2. The molecule has 0 N–H and O–H groups in total. The Kier molecular flexibility index (Phi) is 6.11. The maximum atomic E-state index is 12.5. The first-order valence-corrected chi connectivity index (χ1v) is 11.7. The van der Waals surface area contributed by atoms with Gasteiger partial charge in [0.1, 0.15) is 10.7 Å². The van der Waals surface area contributed by atoms with Crippen LogP contribution in [-0.2, 0) is 9.59 Å². The lowest BCUT2D eigenvalue weighted by Gasteiger charge is -2.29. The summed E-state index contributed by atoms with van der Waals surface area (Å²) in [7, 11) is 0. The van der Waals surface area contributed by atoms with Gasteiger partial charge in [-0.25, -0.2) is 0 Å². The maximum absolute atomic E-state index is 12.5. The van der Waals surface area contributed by atoms with E-state index in [9.17, 15) is 9.59 Å². The number of hydrogen-bond donors (Lipinski definition) is 0. The molecule has 4 rings (SSSR count). The van der Waals surface area contributed by atoms with Crippen LogP contribution in [0.3, 0.4) is 0 Å². The van der Waals surface area contributed by atoms with Crippen LogP contribution in [-0.4, -0.2) is 46.2 Å². The molecule has 2 amide bonds. The summed E-state index contributed by atoms with van der Waals surface area (Å²) in [6.45, 7) is 0.985. The second-order valence-corrected chi connectivity index (χ2v) is 9.62. The first kappa shape index (κ1) is 20.0. The van der Waals surface area contributed by atoms with E-state index in [0.29, 0.717) is 34.6 Å². The molecule has 2 unspecified atom stereocenters. The van der Waals surface area contributed by atoms with Crippen LogP contribution < -0.4 is 0 Å². The summed E-state index contributed by atoms with van der Waals surface area (Å²) in [5.41, 5.74) is 2.02. The highest BCUT2D eigenvalue weighted by molar-refractivity contribution is 8.00. The van der Waals surface area contributed by atoms with Crippen LogP contribution in [0.2, 0.25) is 10.0 Å². The maximum Gasteiger partial charge on any atom is 0.233 e. The quantitative estimate of drug-likeness (QED) is 0.650. The molecule has 2 atom stereocenters. The van der Waals surface area contributed by atoms with E-state index >= 15 is 0 Å². The van der Waals surface area contributed by atoms with E-state index < -0.39 is 0 Å². The molecule has 2 saturated heterocycles. The van der Waals surface area contributed by atoms with Crippen molar-refractivity contribution in [2.24, 2.45) is 0 Å². The van der Waals surface area contributed by atoms with Crippen LogP contribution in [0.1, 0.15) is 21.9 Å². The summed E-state index contributed by atoms with van der Waals surface area (Å²) >= 11 is 15.4. The molecule has 4 nitrogen and oxygen atoms in total. The first-order chi connectivity index (χ1) is 13.5. The number of rotatable bonds is 5. The van der Waals surface area contributed by atoms with Gasteiger partial charge in [-0.15, -0.1) is 23.5 Å². The summed E-state index contributed by atoms with van der Waals surface area (Å²) in [5.74, 6) is 1.07. The van der Waals surface area contributed by atoms with Crippen molar-refractivity contribution in [3.8, 4) is 0 Å². The number of nitrogens with zero attached hydrogens (tertiary/aromatic N) is 2. The summed E-state index contributed by atoms with van der Waals surface area (Å²) < 4.78 is 0. The number of benzene rings is 2. The Morgan fingerprint density at radius 3 is 1.61 bits per heavy atom. The van der Waals surface area contributed by atoms with E-state index in [1.54, 1.807) is 23.5 Å². The van der Waals surface area contributed by atoms with Gasteiger partial charge in [-0.05, 0) is 35.4 Å². The predicted octanol–water partition coefficient (Wildman–Crippen LogP) is 4.84. The summed E-state index contributed by atoms with van der Waals surface area (Å²) in [5, 5.41) is 1.18. The molecule has 2 fully saturated rings. The average Bonchev–Trinajstić information content (AvgIpc) is 3.22. The fraction of sp³-hybridized carbons (Fsp3) is 0.300. The molecule has 2 aliphatic heterocycles. The van der Waals surface area contributed by atoms with Gasteiger partial charge in [-0.2, -0.15) is 0 Å². The van der Waals surface area contributed by atoms with Crippen molar-refractivity contribution in [3.05, 3.63) is 69.7 Å². The molecule has 0 radical (unpaired) electrons. The Hall–Kier alpha value is -1.34. The highest BCUT2D eigenvalue weighted by Gasteiger charge is 2.36. The van der Waals surface area contributed by atoms with Gasteiger partial charge in [0, 0.05) is 23.1 Å². The van der Waals surface area contributed by atoms with Gasteiger partial charge in [0.05, 0.1) is 11.5 Å². The Morgan fingerprint density at radius 1 is 0.786 bits per heavy atom. The smallest absolute Gasteiger partial charge is 0.233 e. The zero-order valence-corrected chi connectivity index (χ0v) is 18.0. The molecule has 0 bridgehead atoms. The molecule has 2 heterocycles. The van der Waals surface area contributed by atoms with Crippen LogP contribution in [0.15, 0.2) is 48.5 Å². The van der Waals surface area contributed by atoms with Crippen molar-refractivity contribution in [2.75, 3.05) is 24.6 Å². The molecule has 28 heavy (non-hydrogen) atoms. The minimum absolute atomic E-state index is 0.0684. The summed E-state index contributed by atoms with van der Waals surface area (Å²) in [6.07, 6.45) is 0. The molecule has 0 aliphatic carbocycles. The van der Waals surface area contributed by atoms with Crippen molar-refractivity contribution in [2.45, 2.75) is 10.7 Å². The van der Waals surface area contributed by atoms with E-state index in [1.165, 1.54) is 0 Å². The largest absolute Gasteiger partial charge is 0.324 e. The standard InChI is InChI=1S/C20H18Cl2N2O2S2/c21-15-5-1-3-13(9-15)19-23(17(25)11-27-19)7-8-24-18(26)12-28-20(24)14-4-2-6-16(22)10-14/h1-6,9-10,19-20H,7-8,11-12H2. The lowest BCUT2D eigenvalue weighted by molar-refractivity contribution is -0.132. The minimum Gasteiger partial charge on any atom is -0.324 e. The van der Waals surface area contributed by atoms with Crippen LogP contribution in [0.5, 0.6) is 0 Å². The zero-order valence-electron chi connectivity index (χ0n) is 14.9. The fourth-order valence-electron chi connectivity index (χ4n) is 3.48. The fourth-order valence-corrected chi connectivity index (χ4v) is 6.29. The Balaban J connectivity index is 1.50. The molecular formula is C20H18Cl2N2O2S2. The number of thioether (sulfide) groups is 2. The number of amides is 2. The van der Waals surface area contributed by atoms with Gasteiger partial charge in [0.2, 0.25) is 11.8 Å². The Morgan fingerprint density at radius 2 is 1.21 bits per heavy atom. The third-order valence-corrected chi connectivity index (χ3v) is 7.77. The topological polar surface area (TPSA) is 40.6 Å². The minimum atomic E-state index is -0.0684. The van der Waals surface area contributed by atoms with Crippen molar-refractivity contribution in [3.63, 3.8) is 0 Å². The van der Waals surface area contributed by atoms with Crippen LogP contribution in [0.4, 0.5) is 0 Å². The molecule has 2 aromatic rings. The van der Waals surface area contributed by atoms with Gasteiger partial charge in [0.15, 0.2) is 0 Å². The third-order valence-electron chi connectivity index (χ3n) is 4.79. The Bertz CT molecular complexity index is 838. The van der Waals surface area contributed by atoms with Gasteiger partial charge in [-0.1, -0.05) is 47.5 Å². The molecule has 146 valence electrons. The van der Waals surface area contributed by atoms with E-state index in [4.69, 9.17) is 23.2 Å². The van der Waals surface area contributed by atoms with Crippen LogP contribution in [0, 0.1) is 0 Å². The van der Waals surface area contributed by atoms with Gasteiger partial charge in [-0.3, -0.25) is 9.59 Å².